The Morgan fingerprint density at radius 1 is 1.03 bits per heavy atom. The standard InChI is InChI=1S/C26H32N2O/c1-2-16-27-25(29)26(14-17-28(18-15-26)20-22-8-9-22)19-21-10-12-24(13-11-21)23-6-4-3-5-7-23/h2-7,10-13,22H,1,8-9,14-20H2,(H,27,29). The van der Waals surface area contributed by atoms with E-state index < -0.39 is 0 Å². The first-order valence-electron chi connectivity index (χ1n) is 10.9. The van der Waals surface area contributed by atoms with Gasteiger partial charge in [-0.05, 0) is 67.8 Å². The van der Waals surface area contributed by atoms with Gasteiger partial charge in [-0.25, -0.2) is 0 Å². The van der Waals surface area contributed by atoms with E-state index in [1.165, 1.54) is 36.1 Å². The van der Waals surface area contributed by atoms with Crippen LogP contribution >= 0.6 is 0 Å². The topological polar surface area (TPSA) is 32.3 Å². The highest BCUT2D eigenvalue weighted by molar-refractivity contribution is 5.83. The number of likely N-dealkylation sites (tertiary alicyclic amines) is 1. The molecule has 1 amide bonds. The van der Waals surface area contributed by atoms with Crippen LogP contribution in [0.5, 0.6) is 0 Å². The van der Waals surface area contributed by atoms with Crippen molar-refractivity contribution in [3.63, 3.8) is 0 Å². The van der Waals surface area contributed by atoms with Gasteiger partial charge in [0, 0.05) is 13.1 Å². The van der Waals surface area contributed by atoms with Crippen molar-refractivity contribution < 1.29 is 4.79 Å². The van der Waals surface area contributed by atoms with Crippen molar-refractivity contribution in [2.24, 2.45) is 11.3 Å². The molecule has 1 aliphatic heterocycles. The average Bonchev–Trinajstić information content (AvgIpc) is 3.59. The Morgan fingerprint density at radius 2 is 1.69 bits per heavy atom. The van der Waals surface area contributed by atoms with E-state index in [1.54, 1.807) is 6.08 Å². The van der Waals surface area contributed by atoms with Crippen LogP contribution in [0.4, 0.5) is 0 Å². The van der Waals surface area contributed by atoms with Crippen molar-refractivity contribution in [1.29, 1.82) is 0 Å². The third kappa shape index (κ3) is 4.97. The van der Waals surface area contributed by atoms with Crippen molar-refractivity contribution in [2.45, 2.75) is 32.1 Å². The lowest BCUT2D eigenvalue weighted by Gasteiger charge is -2.41. The normalized spacial score (nSPS) is 18.9. The maximum Gasteiger partial charge on any atom is 0.226 e. The first-order chi connectivity index (χ1) is 14.2. The highest BCUT2D eigenvalue weighted by atomic mass is 16.2. The van der Waals surface area contributed by atoms with Gasteiger partial charge in [0.25, 0.3) is 0 Å². The summed E-state index contributed by atoms with van der Waals surface area (Å²) in [4.78, 5) is 15.7. The Hall–Kier alpha value is -2.39. The van der Waals surface area contributed by atoms with E-state index in [2.05, 4.69) is 65.3 Å². The number of carbonyl (C=O) groups excluding carboxylic acids is 1. The summed E-state index contributed by atoms with van der Waals surface area (Å²) in [7, 11) is 0. The van der Waals surface area contributed by atoms with E-state index >= 15 is 0 Å². The van der Waals surface area contributed by atoms with Gasteiger partial charge in [0.2, 0.25) is 5.91 Å². The van der Waals surface area contributed by atoms with Crippen LogP contribution in [0.15, 0.2) is 67.3 Å². The number of hydrogen-bond acceptors (Lipinski definition) is 2. The number of nitrogens with zero attached hydrogens (tertiary/aromatic N) is 1. The molecule has 29 heavy (non-hydrogen) atoms. The minimum absolute atomic E-state index is 0.190. The van der Waals surface area contributed by atoms with Gasteiger partial charge in [0.15, 0.2) is 0 Å². The van der Waals surface area contributed by atoms with E-state index in [1.807, 2.05) is 6.07 Å². The molecule has 1 saturated carbocycles. The fourth-order valence-corrected chi connectivity index (χ4v) is 4.50. The number of rotatable bonds is 8. The van der Waals surface area contributed by atoms with Crippen molar-refractivity contribution >= 4 is 5.91 Å². The Balaban J connectivity index is 1.47. The summed E-state index contributed by atoms with van der Waals surface area (Å²) < 4.78 is 0. The van der Waals surface area contributed by atoms with E-state index in [9.17, 15) is 4.79 Å². The van der Waals surface area contributed by atoms with Crippen LogP contribution in [0, 0.1) is 11.3 Å². The van der Waals surface area contributed by atoms with Gasteiger partial charge in [-0.2, -0.15) is 0 Å². The van der Waals surface area contributed by atoms with Crippen molar-refractivity contribution in [3.05, 3.63) is 72.8 Å². The number of hydrogen-bond donors (Lipinski definition) is 1. The molecule has 1 heterocycles. The molecular formula is C26H32N2O. The second kappa shape index (κ2) is 8.96. The first kappa shape index (κ1) is 19.9. The lowest BCUT2D eigenvalue weighted by Crippen LogP contribution is -2.50. The second-order valence-electron chi connectivity index (χ2n) is 8.76. The number of piperidine rings is 1. The third-order valence-corrected chi connectivity index (χ3v) is 6.52. The molecule has 0 spiro atoms. The van der Waals surface area contributed by atoms with Crippen molar-refractivity contribution in [1.82, 2.24) is 10.2 Å². The molecule has 4 rings (SSSR count). The molecule has 3 heteroatoms. The summed E-state index contributed by atoms with van der Waals surface area (Å²) in [6.07, 6.45) is 7.21. The molecule has 0 bridgehead atoms. The average molecular weight is 389 g/mol. The monoisotopic (exact) mass is 388 g/mol. The summed E-state index contributed by atoms with van der Waals surface area (Å²) in [5.41, 5.74) is 3.39. The molecule has 3 nitrogen and oxygen atoms in total. The Bertz CT molecular complexity index is 816. The van der Waals surface area contributed by atoms with E-state index in [-0.39, 0.29) is 11.3 Å². The number of amides is 1. The van der Waals surface area contributed by atoms with Gasteiger partial charge in [0.1, 0.15) is 0 Å². The molecular weight excluding hydrogens is 356 g/mol. The van der Waals surface area contributed by atoms with Crippen LogP contribution in [0.25, 0.3) is 11.1 Å². The number of benzene rings is 2. The smallest absolute Gasteiger partial charge is 0.226 e. The van der Waals surface area contributed by atoms with E-state index in [0.717, 1.165) is 38.3 Å². The Labute approximate surface area is 174 Å². The summed E-state index contributed by atoms with van der Waals surface area (Å²) in [6, 6.07) is 19.2. The Morgan fingerprint density at radius 3 is 2.31 bits per heavy atom. The quantitative estimate of drug-likeness (QED) is 0.666. The molecule has 0 unspecified atom stereocenters. The fraction of sp³-hybridized carbons (Fsp3) is 0.423. The third-order valence-electron chi connectivity index (χ3n) is 6.52. The van der Waals surface area contributed by atoms with Crippen LogP contribution in [-0.2, 0) is 11.2 Å². The predicted octanol–water partition coefficient (Wildman–Crippen LogP) is 4.69. The highest BCUT2D eigenvalue weighted by Crippen LogP contribution is 2.38. The molecule has 0 atom stereocenters. The van der Waals surface area contributed by atoms with Crippen molar-refractivity contribution in [2.75, 3.05) is 26.2 Å². The largest absolute Gasteiger partial charge is 0.352 e. The predicted molar refractivity (Wildman–Crippen MR) is 120 cm³/mol. The van der Waals surface area contributed by atoms with E-state index in [4.69, 9.17) is 0 Å². The summed E-state index contributed by atoms with van der Waals surface area (Å²) in [5, 5.41) is 3.09. The molecule has 2 aliphatic rings. The molecule has 0 radical (unpaired) electrons. The fourth-order valence-electron chi connectivity index (χ4n) is 4.50. The molecule has 2 aromatic carbocycles. The van der Waals surface area contributed by atoms with Crippen LogP contribution in [0.2, 0.25) is 0 Å². The highest BCUT2D eigenvalue weighted by Gasteiger charge is 2.41. The van der Waals surface area contributed by atoms with Gasteiger partial charge in [-0.3, -0.25) is 4.79 Å². The first-order valence-corrected chi connectivity index (χ1v) is 10.9. The lowest BCUT2D eigenvalue weighted by molar-refractivity contribution is -0.133. The zero-order valence-corrected chi connectivity index (χ0v) is 17.3. The zero-order valence-electron chi connectivity index (χ0n) is 17.3. The lowest BCUT2D eigenvalue weighted by atomic mass is 9.72. The molecule has 0 aromatic heterocycles. The number of carbonyl (C=O) groups is 1. The molecule has 1 saturated heterocycles. The second-order valence-corrected chi connectivity index (χ2v) is 8.76. The minimum Gasteiger partial charge on any atom is -0.352 e. The molecule has 1 N–H and O–H groups in total. The van der Waals surface area contributed by atoms with Gasteiger partial charge in [-0.15, -0.1) is 6.58 Å². The van der Waals surface area contributed by atoms with Crippen molar-refractivity contribution in [3.8, 4) is 11.1 Å². The van der Waals surface area contributed by atoms with E-state index in [0.29, 0.717) is 6.54 Å². The zero-order chi connectivity index (χ0) is 20.1. The SMILES string of the molecule is C=CCNC(=O)C1(Cc2ccc(-c3ccccc3)cc2)CCN(CC2CC2)CC1. The van der Waals surface area contributed by atoms with Crippen LogP contribution < -0.4 is 5.32 Å². The summed E-state index contributed by atoms with van der Waals surface area (Å²) in [5.74, 6) is 1.10. The maximum atomic E-state index is 13.1. The molecule has 2 fully saturated rings. The summed E-state index contributed by atoms with van der Waals surface area (Å²) in [6.45, 7) is 7.57. The van der Waals surface area contributed by atoms with Gasteiger partial charge in [-0.1, -0.05) is 60.7 Å². The van der Waals surface area contributed by atoms with Crippen LogP contribution in [0.1, 0.15) is 31.2 Å². The van der Waals surface area contributed by atoms with Gasteiger partial charge >= 0.3 is 0 Å². The minimum atomic E-state index is -0.308. The molecule has 1 aliphatic carbocycles. The molecule has 152 valence electrons. The Kier molecular flexibility index (Phi) is 6.15. The molecule has 2 aromatic rings. The van der Waals surface area contributed by atoms with Crippen LogP contribution in [0.3, 0.4) is 0 Å². The van der Waals surface area contributed by atoms with Gasteiger partial charge < -0.3 is 10.2 Å². The van der Waals surface area contributed by atoms with Crippen LogP contribution in [-0.4, -0.2) is 37.0 Å². The van der Waals surface area contributed by atoms with Gasteiger partial charge in [0.05, 0.1) is 5.41 Å². The summed E-state index contributed by atoms with van der Waals surface area (Å²) >= 11 is 0. The maximum absolute atomic E-state index is 13.1. The number of nitrogens with one attached hydrogen (secondary N) is 1.